The van der Waals surface area contributed by atoms with Gasteiger partial charge in [0.05, 0.1) is 33.0 Å². The fourth-order valence-electron chi connectivity index (χ4n) is 5.27. The van der Waals surface area contributed by atoms with E-state index in [0.29, 0.717) is 0 Å². The predicted octanol–water partition coefficient (Wildman–Crippen LogP) is 4.21. The summed E-state index contributed by atoms with van der Waals surface area (Å²) in [6.45, 7) is 16.7. The quantitative estimate of drug-likeness (QED) is 0.409. The van der Waals surface area contributed by atoms with Crippen LogP contribution < -0.4 is 14.8 Å². The van der Waals surface area contributed by atoms with E-state index in [-0.39, 0.29) is 24.4 Å². The maximum absolute atomic E-state index is 5.95. The third-order valence-electron chi connectivity index (χ3n) is 6.51. The molecule has 0 unspecified atom stereocenters. The van der Waals surface area contributed by atoms with Crippen LogP contribution in [0.1, 0.15) is 38.8 Å². The molecule has 0 aromatic heterocycles. The van der Waals surface area contributed by atoms with Crippen molar-refractivity contribution in [2.75, 3.05) is 31.1 Å². The molecule has 5 rings (SSSR count). The molecule has 0 saturated carbocycles. The molecule has 1 aliphatic carbocycles. The second-order valence-electron chi connectivity index (χ2n) is 9.76. The van der Waals surface area contributed by atoms with Crippen molar-refractivity contribution < 1.29 is 9.47 Å². The molecule has 4 atom stereocenters. The molecule has 3 aliphatic heterocycles. The number of morpholine rings is 2. The van der Waals surface area contributed by atoms with Crippen molar-refractivity contribution in [3.8, 4) is 10.6 Å². The summed E-state index contributed by atoms with van der Waals surface area (Å²) in [6.07, 6.45) is 0.988. The molecule has 6 heteroatoms. The van der Waals surface area contributed by atoms with Crippen molar-refractivity contribution in [1.82, 2.24) is 9.56 Å². The highest BCUT2D eigenvalue weighted by atomic mass is 32.1. The highest BCUT2D eigenvalue weighted by Gasteiger charge is 2.26. The molecule has 0 spiro atoms. The Bertz CT molecular complexity index is 1180. The van der Waals surface area contributed by atoms with Crippen LogP contribution in [0.5, 0.6) is 0 Å². The summed E-state index contributed by atoms with van der Waals surface area (Å²) >= 11 is 1.86. The SMILES string of the molecule is Cc1cc(=[N+]2C[C@H](C)O[C@@H](C)C2)cc2sc3cc(N4C[C@@H](C)O[C@H](C)C4)cc(C)c3nc1-2. The Morgan fingerprint density at radius 2 is 1.53 bits per heavy atom. The molecule has 2 saturated heterocycles. The van der Waals surface area contributed by atoms with Crippen LogP contribution in [-0.4, -0.2) is 55.6 Å². The van der Waals surface area contributed by atoms with Gasteiger partial charge >= 0.3 is 0 Å². The second-order valence-corrected chi connectivity index (χ2v) is 10.8. The lowest BCUT2D eigenvalue weighted by molar-refractivity contribution is -0.0262. The van der Waals surface area contributed by atoms with Crippen LogP contribution in [0.15, 0.2) is 24.3 Å². The van der Waals surface area contributed by atoms with Crippen molar-refractivity contribution in [2.24, 2.45) is 0 Å². The summed E-state index contributed by atoms with van der Waals surface area (Å²) in [6, 6.07) is 9.23. The Morgan fingerprint density at radius 3 is 2.22 bits per heavy atom. The summed E-state index contributed by atoms with van der Waals surface area (Å²) in [7, 11) is 0. The van der Waals surface area contributed by atoms with E-state index in [0.717, 1.165) is 37.4 Å². The topological polar surface area (TPSA) is 37.6 Å². The van der Waals surface area contributed by atoms with E-state index in [4.69, 9.17) is 14.5 Å². The second kappa shape index (κ2) is 8.40. The number of hydrogen-bond acceptors (Lipinski definition) is 5. The number of benzene rings is 2. The van der Waals surface area contributed by atoms with Gasteiger partial charge in [0.2, 0.25) is 5.36 Å². The Kier molecular flexibility index (Phi) is 5.72. The van der Waals surface area contributed by atoms with Gasteiger partial charge in [0.15, 0.2) is 13.1 Å². The Labute approximate surface area is 194 Å². The van der Waals surface area contributed by atoms with Gasteiger partial charge < -0.3 is 14.4 Å². The number of ether oxygens (including phenoxy) is 2. The minimum atomic E-state index is 0.247. The smallest absolute Gasteiger partial charge is 0.201 e. The number of fused-ring (bicyclic) bond motifs is 2. The van der Waals surface area contributed by atoms with Crippen LogP contribution in [0, 0.1) is 13.8 Å². The van der Waals surface area contributed by atoms with Crippen molar-refractivity contribution in [1.29, 1.82) is 0 Å². The first-order chi connectivity index (χ1) is 15.3. The van der Waals surface area contributed by atoms with Crippen LogP contribution in [0.2, 0.25) is 0 Å². The number of nitrogens with zero attached hydrogens (tertiary/aromatic N) is 3. The lowest BCUT2D eigenvalue weighted by atomic mass is 10.1. The van der Waals surface area contributed by atoms with Crippen molar-refractivity contribution in [3.63, 3.8) is 0 Å². The molecule has 5 nitrogen and oxygen atoms in total. The maximum atomic E-state index is 5.95. The zero-order valence-corrected chi connectivity index (χ0v) is 20.8. The van der Waals surface area contributed by atoms with Gasteiger partial charge in [-0.1, -0.05) is 0 Å². The summed E-state index contributed by atoms with van der Waals surface area (Å²) in [5.41, 5.74) is 5.98. The summed E-state index contributed by atoms with van der Waals surface area (Å²) in [5.74, 6) is 0. The van der Waals surface area contributed by atoms with Crippen LogP contribution >= 0.6 is 11.3 Å². The summed E-state index contributed by atoms with van der Waals surface area (Å²) < 4.78 is 15.6. The Morgan fingerprint density at radius 1 is 0.875 bits per heavy atom. The fraction of sp³-hybridized carbons (Fsp3) is 0.538. The number of anilines is 1. The van der Waals surface area contributed by atoms with Gasteiger partial charge in [0, 0.05) is 30.9 Å². The lowest BCUT2D eigenvalue weighted by Gasteiger charge is -2.37. The first-order valence-electron chi connectivity index (χ1n) is 11.8. The molecule has 0 N–H and O–H groups in total. The first kappa shape index (κ1) is 21.8. The number of rotatable bonds is 1. The zero-order chi connectivity index (χ0) is 22.6. The standard InChI is InChI=1S/C26H34N3O2S/c1-15-7-21(28-11-17(3)30-18(4)12-28)9-23-25(15)27-26-16(2)8-22(10-24(26)32-23)29-13-19(5)31-20(6)14-29/h7-10,17-20H,11-14H2,1-6H3/q+1/t17-,18-,19+,20+. The summed E-state index contributed by atoms with van der Waals surface area (Å²) in [5, 5.41) is 1.28. The molecule has 1 aromatic carbocycles. The van der Waals surface area contributed by atoms with Crippen molar-refractivity contribution >= 4 is 27.2 Å². The Hall–Kier alpha value is -2.02. The molecule has 0 radical (unpaired) electrons. The van der Waals surface area contributed by atoms with E-state index in [1.165, 1.54) is 31.7 Å². The van der Waals surface area contributed by atoms with Crippen LogP contribution in [0.3, 0.4) is 0 Å². The molecule has 32 heavy (non-hydrogen) atoms. The van der Waals surface area contributed by atoms with E-state index in [1.807, 2.05) is 11.3 Å². The number of aryl methyl sites for hydroxylation is 2. The largest absolute Gasteiger partial charge is 0.372 e. The van der Waals surface area contributed by atoms with Gasteiger partial charge in [0.1, 0.15) is 12.2 Å². The minimum absolute atomic E-state index is 0.247. The summed E-state index contributed by atoms with van der Waals surface area (Å²) in [4.78, 5) is 8.84. The van der Waals surface area contributed by atoms with Crippen molar-refractivity contribution in [3.05, 3.63) is 40.7 Å². The first-order valence-corrected chi connectivity index (χ1v) is 12.6. The zero-order valence-electron chi connectivity index (χ0n) is 20.0. The molecule has 2 fully saturated rings. The molecular weight excluding hydrogens is 418 g/mol. The van der Waals surface area contributed by atoms with Gasteiger partial charge in [0.25, 0.3) is 0 Å². The van der Waals surface area contributed by atoms with E-state index in [9.17, 15) is 0 Å². The molecular formula is C26H34N3O2S+. The van der Waals surface area contributed by atoms with Gasteiger partial charge in [-0.05, 0) is 64.8 Å². The van der Waals surface area contributed by atoms with Crippen LogP contribution in [-0.2, 0) is 9.47 Å². The van der Waals surface area contributed by atoms with E-state index < -0.39 is 0 Å². The van der Waals surface area contributed by atoms with E-state index in [1.54, 1.807) is 0 Å². The van der Waals surface area contributed by atoms with Crippen LogP contribution in [0.4, 0.5) is 5.69 Å². The monoisotopic (exact) mass is 452 g/mol. The third-order valence-corrected chi connectivity index (χ3v) is 7.58. The predicted molar refractivity (Wildman–Crippen MR) is 133 cm³/mol. The third kappa shape index (κ3) is 4.16. The maximum Gasteiger partial charge on any atom is 0.201 e. The average Bonchev–Trinajstić information content (AvgIpc) is 2.71. The average molecular weight is 453 g/mol. The van der Waals surface area contributed by atoms with E-state index >= 15 is 0 Å². The molecule has 3 heterocycles. The minimum Gasteiger partial charge on any atom is -0.372 e. The van der Waals surface area contributed by atoms with Crippen molar-refractivity contribution in [2.45, 2.75) is 66.0 Å². The van der Waals surface area contributed by atoms with Crippen LogP contribution in [0.25, 0.3) is 20.8 Å². The molecule has 4 aliphatic rings. The lowest BCUT2D eigenvalue weighted by Crippen LogP contribution is -2.47. The highest BCUT2D eigenvalue weighted by Crippen LogP contribution is 2.36. The Balaban J connectivity index is 1.64. The van der Waals surface area contributed by atoms with Gasteiger partial charge in [-0.15, -0.1) is 11.3 Å². The molecule has 0 amide bonds. The number of aromatic nitrogens is 1. The highest BCUT2D eigenvalue weighted by molar-refractivity contribution is 7.21. The van der Waals surface area contributed by atoms with Gasteiger partial charge in [-0.2, -0.15) is 0 Å². The molecule has 1 aromatic rings. The normalized spacial score (nSPS) is 26.8. The fourth-order valence-corrected chi connectivity index (χ4v) is 6.48. The molecule has 170 valence electrons. The van der Waals surface area contributed by atoms with Gasteiger partial charge in [-0.3, -0.25) is 0 Å². The molecule has 0 bridgehead atoms. The van der Waals surface area contributed by atoms with E-state index in [2.05, 4.69) is 75.3 Å². The van der Waals surface area contributed by atoms with Gasteiger partial charge in [-0.25, -0.2) is 9.56 Å². The number of hydrogen-bond donors (Lipinski definition) is 0.